The number of hydrogen-bond donors (Lipinski definition) is 1. The van der Waals surface area contributed by atoms with Gasteiger partial charge in [-0.15, -0.1) is 0 Å². The van der Waals surface area contributed by atoms with Crippen LogP contribution in [0.25, 0.3) is 11.0 Å². The lowest BCUT2D eigenvalue weighted by Crippen LogP contribution is -2.29. The summed E-state index contributed by atoms with van der Waals surface area (Å²) in [6, 6.07) is 11.7. The molecule has 0 unspecified atom stereocenters. The molecule has 0 radical (unpaired) electrons. The van der Waals surface area contributed by atoms with Gasteiger partial charge in [0, 0.05) is 25.5 Å². The number of amides is 1. The third-order valence-electron chi connectivity index (χ3n) is 4.42. The predicted octanol–water partition coefficient (Wildman–Crippen LogP) is 3.12. The molecule has 2 aromatic heterocycles. The van der Waals surface area contributed by atoms with Gasteiger partial charge in [0.05, 0.1) is 5.52 Å². The third-order valence-corrected chi connectivity index (χ3v) is 4.42. The van der Waals surface area contributed by atoms with Crippen molar-refractivity contribution in [2.24, 2.45) is 7.05 Å². The summed E-state index contributed by atoms with van der Waals surface area (Å²) in [7, 11) is 1.82. The highest BCUT2D eigenvalue weighted by molar-refractivity contribution is 5.96. The van der Waals surface area contributed by atoms with Crippen molar-refractivity contribution in [3.63, 3.8) is 0 Å². The van der Waals surface area contributed by atoms with E-state index in [1.807, 2.05) is 50.4 Å². The second-order valence-corrected chi connectivity index (χ2v) is 6.57. The van der Waals surface area contributed by atoms with Gasteiger partial charge in [-0.1, -0.05) is 43.2 Å². The molecule has 1 amide bonds. The van der Waals surface area contributed by atoms with E-state index in [9.17, 15) is 9.59 Å². The van der Waals surface area contributed by atoms with E-state index in [-0.39, 0.29) is 16.9 Å². The summed E-state index contributed by atoms with van der Waals surface area (Å²) < 4.78 is 1.78. The third kappa shape index (κ3) is 3.67. The van der Waals surface area contributed by atoms with Gasteiger partial charge < -0.3 is 9.88 Å². The van der Waals surface area contributed by atoms with E-state index >= 15 is 0 Å². The lowest BCUT2D eigenvalue weighted by molar-refractivity contribution is 0.0949. The summed E-state index contributed by atoms with van der Waals surface area (Å²) in [5.41, 5.74) is 3.90. The number of pyridine rings is 2. The van der Waals surface area contributed by atoms with E-state index < -0.39 is 0 Å². The standard InChI is InChI=1S/C21H23N3O2/c1-4-5-16-10-11-18-19(23-16)20(25)17(13-24(18)3)21(26)22-12-15-8-6-14(2)7-9-15/h6-11,13H,4-5,12H2,1-3H3,(H,22,26). The highest BCUT2D eigenvalue weighted by atomic mass is 16.2. The maximum atomic E-state index is 12.8. The summed E-state index contributed by atoms with van der Waals surface area (Å²) in [5.74, 6) is -0.379. The zero-order valence-corrected chi connectivity index (χ0v) is 15.4. The fourth-order valence-electron chi connectivity index (χ4n) is 2.93. The molecular formula is C21H23N3O2. The van der Waals surface area contributed by atoms with Crippen molar-refractivity contribution in [3.8, 4) is 0 Å². The normalized spacial score (nSPS) is 10.9. The van der Waals surface area contributed by atoms with Crippen molar-refractivity contribution in [2.75, 3.05) is 0 Å². The van der Waals surface area contributed by atoms with Crippen molar-refractivity contribution in [1.82, 2.24) is 14.9 Å². The average Bonchev–Trinajstić information content (AvgIpc) is 2.64. The summed E-state index contributed by atoms with van der Waals surface area (Å²) in [6.07, 6.45) is 3.34. The molecule has 0 bridgehead atoms. The van der Waals surface area contributed by atoms with Crippen LogP contribution in [0.1, 0.15) is 40.5 Å². The molecular weight excluding hydrogens is 326 g/mol. The van der Waals surface area contributed by atoms with Gasteiger partial charge in [-0.05, 0) is 31.0 Å². The Balaban J connectivity index is 1.90. The highest BCUT2D eigenvalue weighted by Gasteiger charge is 2.15. The first-order valence-corrected chi connectivity index (χ1v) is 8.82. The summed E-state index contributed by atoms with van der Waals surface area (Å²) >= 11 is 0. The Hall–Kier alpha value is -2.95. The molecule has 0 saturated carbocycles. The summed E-state index contributed by atoms with van der Waals surface area (Å²) in [4.78, 5) is 29.8. The van der Waals surface area contributed by atoms with Crippen molar-refractivity contribution < 1.29 is 4.79 Å². The SMILES string of the molecule is CCCc1ccc2c(n1)c(=O)c(C(=O)NCc1ccc(C)cc1)cn2C. The monoisotopic (exact) mass is 349 g/mol. The number of aryl methyl sites for hydroxylation is 3. The molecule has 0 aliphatic carbocycles. The van der Waals surface area contributed by atoms with Crippen LogP contribution in [0.15, 0.2) is 47.4 Å². The van der Waals surface area contributed by atoms with Crippen LogP contribution >= 0.6 is 0 Å². The first-order valence-electron chi connectivity index (χ1n) is 8.82. The van der Waals surface area contributed by atoms with Crippen LogP contribution in [0.2, 0.25) is 0 Å². The molecule has 3 aromatic rings. The van der Waals surface area contributed by atoms with Gasteiger partial charge in [-0.3, -0.25) is 9.59 Å². The van der Waals surface area contributed by atoms with Crippen LogP contribution in [0, 0.1) is 6.92 Å². The van der Waals surface area contributed by atoms with Gasteiger partial charge in [-0.25, -0.2) is 4.98 Å². The number of hydrogen-bond acceptors (Lipinski definition) is 3. The van der Waals surface area contributed by atoms with Crippen molar-refractivity contribution in [1.29, 1.82) is 0 Å². The number of rotatable bonds is 5. The Morgan fingerprint density at radius 2 is 1.88 bits per heavy atom. The number of nitrogens with one attached hydrogen (secondary N) is 1. The fourth-order valence-corrected chi connectivity index (χ4v) is 2.93. The lowest BCUT2D eigenvalue weighted by Gasteiger charge is -2.10. The molecule has 0 fully saturated rings. The Kier molecular flexibility index (Phi) is 5.16. The fraction of sp³-hybridized carbons (Fsp3) is 0.286. The largest absolute Gasteiger partial charge is 0.348 e. The Morgan fingerprint density at radius 1 is 1.15 bits per heavy atom. The van der Waals surface area contributed by atoms with Crippen molar-refractivity contribution in [3.05, 3.63) is 75.2 Å². The molecule has 0 atom stereocenters. The van der Waals surface area contributed by atoms with E-state index in [4.69, 9.17) is 0 Å². The highest BCUT2D eigenvalue weighted by Crippen LogP contribution is 2.11. The van der Waals surface area contributed by atoms with Crippen molar-refractivity contribution >= 4 is 16.9 Å². The zero-order chi connectivity index (χ0) is 18.7. The molecule has 0 aliphatic rings. The number of fused-ring (bicyclic) bond motifs is 1. The van der Waals surface area contributed by atoms with Gasteiger partial charge in [0.2, 0.25) is 5.43 Å². The molecule has 5 nitrogen and oxygen atoms in total. The second-order valence-electron chi connectivity index (χ2n) is 6.57. The van der Waals surface area contributed by atoms with E-state index in [0.29, 0.717) is 12.1 Å². The molecule has 1 N–H and O–H groups in total. The first-order chi connectivity index (χ1) is 12.5. The van der Waals surface area contributed by atoms with Gasteiger partial charge in [0.25, 0.3) is 5.91 Å². The van der Waals surface area contributed by atoms with Gasteiger partial charge in [0.15, 0.2) is 0 Å². The van der Waals surface area contributed by atoms with Crippen molar-refractivity contribution in [2.45, 2.75) is 33.2 Å². The van der Waals surface area contributed by atoms with E-state index in [2.05, 4.69) is 17.2 Å². The maximum absolute atomic E-state index is 12.8. The number of carbonyl (C=O) groups is 1. The Morgan fingerprint density at radius 3 is 2.58 bits per heavy atom. The quantitative estimate of drug-likeness (QED) is 0.770. The molecule has 3 rings (SSSR count). The van der Waals surface area contributed by atoms with E-state index in [0.717, 1.165) is 35.2 Å². The van der Waals surface area contributed by atoms with Crippen LogP contribution in [-0.2, 0) is 20.0 Å². The molecule has 26 heavy (non-hydrogen) atoms. The molecule has 0 aliphatic heterocycles. The van der Waals surface area contributed by atoms with Crippen LogP contribution in [0.3, 0.4) is 0 Å². The second kappa shape index (κ2) is 7.52. The number of benzene rings is 1. The van der Waals surface area contributed by atoms with Crippen LogP contribution in [-0.4, -0.2) is 15.5 Å². The molecule has 0 saturated heterocycles. The number of aromatic nitrogens is 2. The summed E-state index contributed by atoms with van der Waals surface area (Å²) in [5, 5.41) is 2.83. The Labute approximate surface area is 152 Å². The van der Waals surface area contributed by atoms with E-state index in [1.165, 1.54) is 0 Å². The maximum Gasteiger partial charge on any atom is 0.257 e. The number of nitrogens with zero attached hydrogens (tertiary/aromatic N) is 2. The lowest BCUT2D eigenvalue weighted by atomic mass is 10.1. The topological polar surface area (TPSA) is 64.0 Å². The summed E-state index contributed by atoms with van der Waals surface area (Å²) in [6.45, 7) is 4.46. The molecule has 2 heterocycles. The predicted molar refractivity (Wildman–Crippen MR) is 103 cm³/mol. The minimum Gasteiger partial charge on any atom is -0.348 e. The number of carbonyl (C=O) groups excluding carboxylic acids is 1. The minimum absolute atomic E-state index is 0.119. The average molecular weight is 349 g/mol. The first kappa shape index (κ1) is 17.9. The molecule has 0 spiro atoms. The van der Waals surface area contributed by atoms with Gasteiger partial charge in [0.1, 0.15) is 11.1 Å². The smallest absolute Gasteiger partial charge is 0.257 e. The molecule has 5 heteroatoms. The van der Waals surface area contributed by atoms with Gasteiger partial charge >= 0.3 is 0 Å². The Bertz CT molecular complexity index is 1000. The van der Waals surface area contributed by atoms with E-state index in [1.54, 1.807) is 10.8 Å². The van der Waals surface area contributed by atoms with Crippen LogP contribution < -0.4 is 10.7 Å². The molecule has 134 valence electrons. The van der Waals surface area contributed by atoms with Gasteiger partial charge in [-0.2, -0.15) is 0 Å². The molecule has 1 aromatic carbocycles. The van der Waals surface area contributed by atoms with Crippen LogP contribution in [0.5, 0.6) is 0 Å². The zero-order valence-electron chi connectivity index (χ0n) is 15.4. The van der Waals surface area contributed by atoms with Crippen LogP contribution in [0.4, 0.5) is 0 Å². The minimum atomic E-state index is -0.379.